The van der Waals surface area contributed by atoms with E-state index in [4.69, 9.17) is 4.74 Å². The quantitative estimate of drug-likeness (QED) is 0.454. The Morgan fingerprint density at radius 1 is 1.10 bits per heavy atom. The first-order valence-corrected chi connectivity index (χ1v) is 10.6. The van der Waals surface area contributed by atoms with E-state index in [0.717, 1.165) is 29.7 Å². The Morgan fingerprint density at radius 2 is 1.77 bits per heavy atom. The monoisotopic (exact) mass is 420 g/mol. The minimum absolute atomic E-state index is 0.0961. The molecule has 2 aliphatic rings. The maximum absolute atomic E-state index is 13.1. The molecule has 2 saturated heterocycles. The van der Waals surface area contributed by atoms with Crippen molar-refractivity contribution in [3.63, 3.8) is 0 Å². The first-order chi connectivity index (χ1) is 14.9. The molecule has 0 radical (unpaired) electrons. The molecule has 6 nitrogen and oxygen atoms in total. The Kier molecular flexibility index (Phi) is 5.83. The van der Waals surface area contributed by atoms with E-state index in [0.29, 0.717) is 18.7 Å². The SMILES string of the molecule is Cc1ccc(C(O)=C2C(=O)C(=O)N(C[C@H]3CCCO3)[C@H]2c2ccc(N(C)C)cc2)cc1. The number of ether oxygens (including phenoxy) is 1. The Hall–Kier alpha value is -3.12. The third-order valence-electron chi connectivity index (χ3n) is 6.01. The van der Waals surface area contributed by atoms with Crippen LogP contribution in [-0.4, -0.2) is 55.0 Å². The Morgan fingerprint density at radius 3 is 2.35 bits per heavy atom. The Bertz CT molecular complexity index is 1000. The van der Waals surface area contributed by atoms with Crippen LogP contribution in [0.2, 0.25) is 0 Å². The third-order valence-corrected chi connectivity index (χ3v) is 6.01. The summed E-state index contributed by atoms with van der Waals surface area (Å²) >= 11 is 0. The number of ketones is 1. The predicted molar refractivity (Wildman–Crippen MR) is 120 cm³/mol. The summed E-state index contributed by atoms with van der Waals surface area (Å²) in [5.74, 6) is -1.39. The fourth-order valence-corrected chi connectivity index (χ4v) is 4.24. The number of benzene rings is 2. The molecule has 0 aliphatic carbocycles. The number of carbonyl (C=O) groups is 2. The van der Waals surface area contributed by atoms with Crippen molar-refractivity contribution in [3.05, 3.63) is 70.8 Å². The van der Waals surface area contributed by atoms with Gasteiger partial charge in [-0.1, -0.05) is 42.0 Å². The number of aliphatic hydroxyl groups excluding tert-OH is 1. The average molecular weight is 421 g/mol. The molecule has 0 bridgehead atoms. The minimum atomic E-state index is -0.655. The van der Waals surface area contributed by atoms with Crippen LogP contribution in [-0.2, 0) is 14.3 Å². The van der Waals surface area contributed by atoms with Gasteiger partial charge in [-0.2, -0.15) is 0 Å². The molecule has 31 heavy (non-hydrogen) atoms. The summed E-state index contributed by atoms with van der Waals surface area (Å²) in [6.45, 7) is 2.95. The molecule has 1 amide bonds. The molecule has 4 rings (SSSR count). The van der Waals surface area contributed by atoms with E-state index in [-0.39, 0.29) is 17.4 Å². The Balaban J connectivity index is 1.80. The number of hydrogen-bond acceptors (Lipinski definition) is 5. The predicted octanol–water partition coefficient (Wildman–Crippen LogP) is 3.66. The van der Waals surface area contributed by atoms with Crippen molar-refractivity contribution in [2.24, 2.45) is 0 Å². The smallest absolute Gasteiger partial charge is 0.295 e. The standard InChI is InChI=1S/C25H28N2O4/c1-16-6-8-18(9-7-16)23(28)21-22(17-10-12-19(13-11-17)26(2)3)27(25(30)24(21)29)15-20-5-4-14-31-20/h6-13,20,22,28H,4-5,14-15H2,1-3H3/t20-,22+/m1/s1. The van der Waals surface area contributed by atoms with E-state index in [1.54, 1.807) is 17.0 Å². The lowest BCUT2D eigenvalue weighted by Crippen LogP contribution is -2.36. The molecule has 0 aromatic heterocycles. The highest BCUT2D eigenvalue weighted by Gasteiger charge is 2.47. The van der Waals surface area contributed by atoms with Gasteiger partial charge in [-0.25, -0.2) is 0 Å². The van der Waals surface area contributed by atoms with Gasteiger partial charge in [-0.15, -0.1) is 0 Å². The Labute approximate surface area is 182 Å². The van der Waals surface area contributed by atoms with Crippen LogP contribution in [0.15, 0.2) is 54.1 Å². The van der Waals surface area contributed by atoms with Crippen molar-refractivity contribution in [2.75, 3.05) is 32.1 Å². The molecular formula is C25H28N2O4. The largest absolute Gasteiger partial charge is 0.507 e. The van der Waals surface area contributed by atoms with Gasteiger partial charge in [0.15, 0.2) is 0 Å². The van der Waals surface area contributed by atoms with Crippen molar-refractivity contribution in [1.82, 2.24) is 4.90 Å². The summed E-state index contributed by atoms with van der Waals surface area (Å²) in [4.78, 5) is 29.6. The number of hydrogen-bond donors (Lipinski definition) is 1. The van der Waals surface area contributed by atoms with Crippen LogP contribution in [0.25, 0.3) is 5.76 Å². The van der Waals surface area contributed by atoms with Crippen molar-refractivity contribution in [3.8, 4) is 0 Å². The van der Waals surface area contributed by atoms with Crippen LogP contribution < -0.4 is 4.90 Å². The lowest BCUT2D eigenvalue weighted by atomic mass is 9.94. The number of rotatable bonds is 5. The minimum Gasteiger partial charge on any atom is -0.507 e. The highest BCUT2D eigenvalue weighted by molar-refractivity contribution is 6.46. The molecule has 2 aromatic rings. The van der Waals surface area contributed by atoms with Gasteiger partial charge in [0.25, 0.3) is 11.7 Å². The van der Waals surface area contributed by atoms with Crippen LogP contribution in [0.4, 0.5) is 5.69 Å². The topological polar surface area (TPSA) is 70.1 Å². The zero-order valence-electron chi connectivity index (χ0n) is 18.2. The molecule has 0 unspecified atom stereocenters. The number of carbonyl (C=O) groups excluding carboxylic acids is 2. The van der Waals surface area contributed by atoms with Crippen molar-refractivity contribution in [1.29, 1.82) is 0 Å². The summed E-state index contributed by atoms with van der Waals surface area (Å²) in [6.07, 6.45) is 1.70. The fourth-order valence-electron chi connectivity index (χ4n) is 4.24. The molecule has 2 aliphatic heterocycles. The average Bonchev–Trinajstić information content (AvgIpc) is 3.36. The number of aliphatic hydroxyl groups is 1. The lowest BCUT2D eigenvalue weighted by molar-refractivity contribution is -0.140. The second-order valence-electron chi connectivity index (χ2n) is 8.44. The van der Waals surface area contributed by atoms with Gasteiger partial charge < -0.3 is 19.6 Å². The van der Waals surface area contributed by atoms with Gasteiger partial charge in [0, 0.05) is 38.5 Å². The number of likely N-dealkylation sites (tertiary alicyclic amines) is 1. The second kappa shape index (κ2) is 8.55. The van der Waals surface area contributed by atoms with Gasteiger partial charge in [0.05, 0.1) is 17.7 Å². The van der Waals surface area contributed by atoms with Crippen molar-refractivity contribution in [2.45, 2.75) is 31.9 Å². The van der Waals surface area contributed by atoms with E-state index in [1.165, 1.54) is 0 Å². The number of Topliss-reactive ketones (excluding diaryl/α,β-unsaturated/α-hetero) is 1. The zero-order valence-corrected chi connectivity index (χ0v) is 18.2. The number of amides is 1. The third kappa shape index (κ3) is 4.08. The van der Waals surface area contributed by atoms with E-state index in [2.05, 4.69) is 0 Å². The van der Waals surface area contributed by atoms with Crippen molar-refractivity contribution >= 4 is 23.1 Å². The maximum Gasteiger partial charge on any atom is 0.295 e. The summed E-state index contributed by atoms with van der Waals surface area (Å²) in [5.41, 5.74) is 3.50. The molecule has 2 aromatic carbocycles. The normalized spacial score (nSPS) is 22.9. The summed E-state index contributed by atoms with van der Waals surface area (Å²) in [5, 5.41) is 11.1. The molecular weight excluding hydrogens is 392 g/mol. The first-order valence-electron chi connectivity index (χ1n) is 10.6. The van der Waals surface area contributed by atoms with E-state index >= 15 is 0 Å². The molecule has 1 N–H and O–H groups in total. The molecule has 6 heteroatoms. The van der Waals surface area contributed by atoms with Crippen LogP contribution in [0, 0.1) is 6.92 Å². The lowest BCUT2D eigenvalue weighted by Gasteiger charge is -2.28. The summed E-state index contributed by atoms with van der Waals surface area (Å²) < 4.78 is 5.74. The second-order valence-corrected chi connectivity index (χ2v) is 8.44. The molecule has 2 heterocycles. The van der Waals surface area contributed by atoms with Crippen LogP contribution in [0.5, 0.6) is 0 Å². The van der Waals surface area contributed by atoms with Crippen LogP contribution in [0.1, 0.15) is 35.6 Å². The summed E-state index contributed by atoms with van der Waals surface area (Å²) in [6, 6.07) is 14.4. The fraction of sp³-hybridized carbons (Fsp3) is 0.360. The molecule has 2 fully saturated rings. The highest BCUT2D eigenvalue weighted by atomic mass is 16.5. The van der Waals surface area contributed by atoms with Gasteiger partial charge in [0.2, 0.25) is 0 Å². The molecule has 0 saturated carbocycles. The first kappa shape index (κ1) is 21.1. The van der Waals surface area contributed by atoms with Gasteiger partial charge >= 0.3 is 0 Å². The highest BCUT2D eigenvalue weighted by Crippen LogP contribution is 2.40. The van der Waals surface area contributed by atoms with Gasteiger partial charge in [-0.3, -0.25) is 9.59 Å². The van der Waals surface area contributed by atoms with E-state index < -0.39 is 17.7 Å². The van der Waals surface area contributed by atoms with Gasteiger partial charge in [0.1, 0.15) is 5.76 Å². The molecule has 2 atom stereocenters. The number of nitrogens with zero attached hydrogens (tertiary/aromatic N) is 2. The van der Waals surface area contributed by atoms with Gasteiger partial charge in [-0.05, 0) is 37.5 Å². The van der Waals surface area contributed by atoms with E-state index in [9.17, 15) is 14.7 Å². The summed E-state index contributed by atoms with van der Waals surface area (Å²) in [7, 11) is 3.91. The maximum atomic E-state index is 13.1. The number of aryl methyl sites for hydroxylation is 1. The number of anilines is 1. The van der Waals surface area contributed by atoms with Crippen LogP contribution >= 0.6 is 0 Å². The van der Waals surface area contributed by atoms with Crippen molar-refractivity contribution < 1.29 is 19.4 Å². The van der Waals surface area contributed by atoms with E-state index in [1.807, 2.05) is 62.3 Å². The zero-order chi connectivity index (χ0) is 22.1. The van der Waals surface area contributed by atoms with Crippen LogP contribution in [0.3, 0.4) is 0 Å². The molecule has 0 spiro atoms. The molecule has 162 valence electrons.